The Hall–Kier alpha value is -4.07. The van der Waals surface area contributed by atoms with E-state index < -0.39 is 0 Å². The van der Waals surface area contributed by atoms with Gasteiger partial charge in [0, 0.05) is 18.8 Å². The van der Waals surface area contributed by atoms with Crippen LogP contribution in [0.4, 0.5) is 0 Å². The van der Waals surface area contributed by atoms with Crippen molar-refractivity contribution in [3.8, 4) is 23.2 Å². The number of aromatic nitrogens is 5. The molecule has 1 N–H and O–H groups in total. The van der Waals surface area contributed by atoms with Crippen molar-refractivity contribution in [3.05, 3.63) is 71.3 Å². The summed E-state index contributed by atoms with van der Waals surface area (Å²) in [6, 6.07) is 17.1. The maximum absolute atomic E-state index is 13.0. The van der Waals surface area contributed by atoms with E-state index in [2.05, 4.69) is 15.0 Å². The van der Waals surface area contributed by atoms with E-state index in [0.717, 1.165) is 11.0 Å². The first kappa shape index (κ1) is 18.0. The highest BCUT2D eigenvalue weighted by atomic mass is 16.5. The number of hydrogen-bond acceptors (Lipinski definition) is 5. The molecule has 8 heteroatoms. The zero-order valence-electron chi connectivity index (χ0n) is 16.5. The summed E-state index contributed by atoms with van der Waals surface area (Å²) in [6.45, 7) is 2.43. The number of aromatic amines is 1. The zero-order valence-corrected chi connectivity index (χ0v) is 16.5. The first-order valence-electron chi connectivity index (χ1n) is 9.57. The summed E-state index contributed by atoms with van der Waals surface area (Å²) in [4.78, 5) is 25.0. The Morgan fingerprint density at radius 3 is 2.60 bits per heavy atom. The lowest BCUT2D eigenvalue weighted by Crippen LogP contribution is -2.22. The molecule has 8 nitrogen and oxygen atoms in total. The molecule has 5 rings (SSSR count). The van der Waals surface area contributed by atoms with Gasteiger partial charge in [0.05, 0.1) is 23.8 Å². The Morgan fingerprint density at radius 2 is 1.87 bits per heavy atom. The van der Waals surface area contributed by atoms with Crippen molar-refractivity contribution < 1.29 is 9.47 Å². The van der Waals surface area contributed by atoms with Crippen LogP contribution < -0.4 is 15.2 Å². The Morgan fingerprint density at radius 1 is 1.07 bits per heavy atom. The van der Waals surface area contributed by atoms with Crippen LogP contribution in [-0.2, 0) is 6.54 Å². The Balaban J connectivity index is 1.53. The number of imidazole rings is 2. The number of aryl methyl sites for hydroxylation is 1. The van der Waals surface area contributed by atoms with Crippen LogP contribution in [0, 0.1) is 0 Å². The van der Waals surface area contributed by atoms with Crippen LogP contribution in [0.1, 0.15) is 6.92 Å². The topological polar surface area (TPSA) is 87.0 Å². The van der Waals surface area contributed by atoms with Crippen LogP contribution in [0.5, 0.6) is 17.5 Å². The SMILES string of the molecule is CCn1c(=O)n(-c2ccc(Oc3nc4ccccc4[nH]3)cc2)c2nccc(OC)c21. The summed E-state index contributed by atoms with van der Waals surface area (Å²) in [5, 5.41) is 0. The summed E-state index contributed by atoms with van der Waals surface area (Å²) >= 11 is 0. The molecule has 3 heterocycles. The molecule has 0 saturated heterocycles. The monoisotopic (exact) mass is 401 g/mol. The molecule has 0 aliphatic carbocycles. The van der Waals surface area contributed by atoms with E-state index in [1.807, 2.05) is 43.3 Å². The standard InChI is InChI=1S/C22H19N5O3/c1-3-26-19-18(29-2)12-13-23-20(19)27(22(26)28)14-8-10-15(11-9-14)30-21-24-16-6-4-5-7-17(16)25-21/h4-13H,3H2,1-2H3,(H,24,25). The fourth-order valence-corrected chi connectivity index (χ4v) is 3.59. The van der Waals surface area contributed by atoms with E-state index in [1.54, 1.807) is 40.6 Å². The second-order valence-electron chi connectivity index (χ2n) is 6.70. The molecule has 150 valence electrons. The van der Waals surface area contributed by atoms with Gasteiger partial charge in [-0.05, 0) is 43.3 Å². The van der Waals surface area contributed by atoms with E-state index in [9.17, 15) is 4.79 Å². The lowest BCUT2D eigenvalue weighted by Gasteiger charge is -2.06. The zero-order chi connectivity index (χ0) is 20.7. The van der Waals surface area contributed by atoms with Gasteiger partial charge in [-0.1, -0.05) is 12.1 Å². The summed E-state index contributed by atoms with van der Waals surface area (Å²) in [5.41, 5.74) is 3.48. The lowest BCUT2D eigenvalue weighted by atomic mass is 10.3. The molecule has 0 radical (unpaired) electrons. The van der Waals surface area contributed by atoms with Gasteiger partial charge in [-0.15, -0.1) is 0 Å². The molecule has 0 aliphatic rings. The van der Waals surface area contributed by atoms with E-state index in [0.29, 0.717) is 40.9 Å². The smallest absolute Gasteiger partial charge is 0.335 e. The molecule has 3 aromatic heterocycles. The number of ether oxygens (including phenoxy) is 2. The highest BCUT2D eigenvalue weighted by molar-refractivity contribution is 5.80. The first-order chi connectivity index (χ1) is 14.7. The maximum Gasteiger partial charge on any atom is 0.335 e. The van der Waals surface area contributed by atoms with Gasteiger partial charge in [0.2, 0.25) is 0 Å². The van der Waals surface area contributed by atoms with Gasteiger partial charge in [0.15, 0.2) is 5.65 Å². The van der Waals surface area contributed by atoms with E-state index in [-0.39, 0.29) is 5.69 Å². The number of H-pyrrole nitrogens is 1. The van der Waals surface area contributed by atoms with Crippen LogP contribution in [0.2, 0.25) is 0 Å². The predicted octanol–water partition coefficient (Wildman–Crippen LogP) is 3.88. The van der Waals surface area contributed by atoms with Crippen molar-refractivity contribution in [1.29, 1.82) is 0 Å². The van der Waals surface area contributed by atoms with E-state index in [4.69, 9.17) is 9.47 Å². The number of methoxy groups -OCH3 is 1. The molecule has 30 heavy (non-hydrogen) atoms. The van der Waals surface area contributed by atoms with Crippen LogP contribution in [-0.4, -0.2) is 31.2 Å². The van der Waals surface area contributed by atoms with Gasteiger partial charge < -0.3 is 14.5 Å². The molecule has 5 aromatic rings. The van der Waals surface area contributed by atoms with Gasteiger partial charge in [-0.3, -0.25) is 4.57 Å². The number of pyridine rings is 1. The van der Waals surface area contributed by atoms with E-state index >= 15 is 0 Å². The highest BCUT2D eigenvalue weighted by Crippen LogP contribution is 2.27. The minimum absolute atomic E-state index is 0.171. The van der Waals surface area contributed by atoms with Crippen molar-refractivity contribution in [2.45, 2.75) is 13.5 Å². The average Bonchev–Trinajstić information content (AvgIpc) is 3.31. The molecular weight excluding hydrogens is 382 g/mol. The van der Waals surface area contributed by atoms with Crippen molar-refractivity contribution in [3.63, 3.8) is 0 Å². The van der Waals surface area contributed by atoms with Crippen molar-refractivity contribution >= 4 is 22.2 Å². The fraction of sp³-hybridized carbons (Fsp3) is 0.136. The molecule has 0 bridgehead atoms. The van der Waals surface area contributed by atoms with Crippen LogP contribution in [0.15, 0.2) is 65.6 Å². The molecule has 2 aromatic carbocycles. The van der Waals surface area contributed by atoms with Crippen molar-refractivity contribution in [2.75, 3.05) is 7.11 Å². The number of nitrogens with one attached hydrogen (secondary N) is 1. The minimum atomic E-state index is -0.171. The Labute approximate surface area is 171 Å². The second kappa shape index (κ2) is 7.07. The molecule has 0 saturated carbocycles. The predicted molar refractivity (Wildman–Crippen MR) is 114 cm³/mol. The molecule has 0 spiro atoms. The largest absolute Gasteiger partial charge is 0.494 e. The molecule has 0 aliphatic heterocycles. The summed E-state index contributed by atoms with van der Waals surface area (Å²) < 4.78 is 14.5. The van der Waals surface area contributed by atoms with Crippen LogP contribution >= 0.6 is 0 Å². The Bertz CT molecular complexity index is 1380. The van der Waals surface area contributed by atoms with Crippen molar-refractivity contribution in [1.82, 2.24) is 24.1 Å². The van der Waals surface area contributed by atoms with Crippen molar-refractivity contribution in [2.24, 2.45) is 0 Å². The molecule has 0 fully saturated rings. The molecule has 0 amide bonds. The van der Waals surface area contributed by atoms with Crippen LogP contribution in [0.25, 0.3) is 27.9 Å². The minimum Gasteiger partial charge on any atom is -0.494 e. The average molecular weight is 401 g/mol. The van der Waals surface area contributed by atoms with E-state index in [1.165, 1.54) is 0 Å². The third-order valence-electron chi connectivity index (χ3n) is 4.99. The molecule has 0 atom stereocenters. The van der Waals surface area contributed by atoms with Gasteiger partial charge in [-0.25, -0.2) is 14.3 Å². The quantitative estimate of drug-likeness (QED) is 0.483. The van der Waals surface area contributed by atoms with Gasteiger partial charge in [0.1, 0.15) is 17.0 Å². The van der Waals surface area contributed by atoms with Crippen LogP contribution in [0.3, 0.4) is 0 Å². The normalized spacial score (nSPS) is 11.3. The second-order valence-corrected chi connectivity index (χ2v) is 6.70. The number of para-hydroxylation sites is 2. The molecular formula is C22H19N5O3. The fourth-order valence-electron chi connectivity index (χ4n) is 3.59. The number of benzene rings is 2. The van der Waals surface area contributed by atoms with Gasteiger partial charge >= 0.3 is 5.69 Å². The summed E-state index contributed by atoms with van der Waals surface area (Å²) in [5.74, 6) is 1.22. The number of hydrogen-bond donors (Lipinski definition) is 1. The van der Waals surface area contributed by atoms with Gasteiger partial charge in [0.25, 0.3) is 6.01 Å². The highest BCUT2D eigenvalue weighted by Gasteiger charge is 2.18. The first-order valence-corrected chi connectivity index (χ1v) is 9.57. The third-order valence-corrected chi connectivity index (χ3v) is 4.99. The summed E-state index contributed by atoms with van der Waals surface area (Å²) in [7, 11) is 1.58. The lowest BCUT2D eigenvalue weighted by molar-refractivity contribution is 0.417. The third kappa shape index (κ3) is 2.81. The molecule has 0 unspecified atom stereocenters. The number of nitrogens with zero attached hydrogens (tertiary/aromatic N) is 4. The van der Waals surface area contributed by atoms with Gasteiger partial charge in [-0.2, -0.15) is 4.98 Å². The number of rotatable bonds is 5. The number of fused-ring (bicyclic) bond motifs is 2. The Kier molecular flexibility index (Phi) is 4.24. The maximum atomic E-state index is 13.0. The summed E-state index contributed by atoms with van der Waals surface area (Å²) in [6.07, 6.45) is 1.64.